The molecule has 0 aromatic rings. The number of amides is 2. The third kappa shape index (κ3) is 5.82. The van der Waals surface area contributed by atoms with Crippen LogP contribution in [0.1, 0.15) is 19.8 Å². The van der Waals surface area contributed by atoms with E-state index in [1.54, 1.807) is 21.1 Å². The fourth-order valence-corrected chi connectivity index (χ4v) is 2.05. The topological polar surface area (TPSA) is 77.1 Å². The Kier molecular flexibility index (Phi) is 7.96. The molecule has 0 aromatic carbocycles. The van der Waals surface area contributed by atoms with Crippen LogP contribution in [-0.2, 0) is 23.8 Å². The molecule has 7 heteroatoms. The minimum absolute atomic E-state index is 0.0389. The Morgan fingerprint density at radius 3 is 2.81 bits per heavy atom. The van der Waals surface area contributed by atoms with Gasteiger partial charge in [-0.3, -0.25) is 14.5 Å². The van der Waals surface area contributed by atoms with Gasteiger partial charge in [0.15, 0.2) is 0 Å². The minimum atomic E-state index is -0.349. The van der Waals surface area contributed by atoms with Gasteiger partial charge in [-0.25, -0.2) is 0 Å². The molecule has 2 amide bonds. The van der Waals surface area contributed by atoms with Crippen molar-refractivity contribution in [1.82, 2.24) is 10.2 Å². The van der Waals surface area contributed by atoms with Crippen LogP contribution >= 0.6 is 0 Å². The van der Waals surface area contributed by atoms with Gasteiger partial charge in [0.25, 0.3) is 0 Å². The molecule has 0 saturated carbocycles. The van der Waals surface area contributed by atoms with E-state index in [0.717, 1.165) is 6.42 Å². The van der Waals surface area contributed by atoms with Crippen molar-refractivity contribution < 1.29 is 23.8 Å². The summed E-state index contributed by atoms with van der Waals surface area (Å²) >= 11 is 0. The minimum Gasteiger partial charge on any atom is -0.382 e. The van der Waals surface area contributed by atoms with Crippen LogP contribution in [0.2, 0.25) is 0 Å². The number of hydrogen-bond donors (Lipinski definition) is 1. The Balaban J connectivity index is 2.45. The molecule has 7 nitrogen and oxygen atoms in total. The zero-order valence-corrected chi connectivity index (χ0v) is 12.8. The van der Waals surface area contributed by atoms with Crippen molar-refractivity contribution in [2.75, 3.05) is 34.0 Å². The molecule has 0 bridgehead atoms. The highest BCUT2D eigenvalue weighted by atomic mass is 16.6. The normalized spacial score (nSPS) is 22.1. The first kappa shape index (κ1) is 17.6. The maximum absolute atomic E-state index is 11.5. The molecule has 1 heterocycles. The maximum atomic E-state index is 11.5. The molecule has 0 aliphatic carbocycles. The first-order valence-corrected chi connectivity index (χ1v) is 6.97. The lowest BCUT2D eigenvalue weighted by Crippen LogP contribution is -2.32. The number of carbonyl (C=O) groups is 2. The van der Waals surface area contributed by atoms with E-state index in [4.69, 9.17) is 14.2 Å². The van der Waals surface area contributed by atoms with Gasteiger partial charge in [0.1, 0.15) is 6.23 Å². The van der Waals surface area contributed by atoms with Gasteiger partial charge in [-0.2, -0.15) is 0 Å². The number of ether oxygens (including phenoxy) is 3. The summed E-state index contributed by atoms with van der Waals surface area (Å²) in [4.78, 5) is 24.0. The van der Waals surface area contributed by atoms with Crippen LogP contribution < -0.4 is 5.32 Å². The van der Waals surface area contributed by atoms with Crippen LogP contribution in [-0.4, -0.2) is 63.5 Å². The van der Waals surface area contributed by atoms with Crippen LogP contribution in [0.5, 0.6) is 0 Å². The lowest BCUT2D eigenvalue weighted by Gasteiger charge is -2.22. The molecular weight excluding hydrogens is 276 g/mol. The highest BCUT2D eigenvalue weighted by Gasteiger charge is 2.29. The van der Waals surface area contributed by atoms with Gasteiger partial charge in [-0.05, 0) is 19.8 Å². The molecule has 0 unspecified atom stereocenters. The summed E-state index contributed by atoms with van der Waals surface area (Å²) in [6.45, 7) is 3.19. The second kappa shape index (κ2) is 9.49. The van der Waals surface area contributed by atoms with Crippen LogP contribution in [0.15, 0.2) is 11.8 Å². The largest absolute Gasteiger partial charge is 0.382 e. The highest BCUT2D eigenvalue weighted by Crippen LogP contribution is 2.23. The first-order valence-electron chi connectivity index (χ1n) is 6.97. The average molecular weight is 300 g/mol. The van der Waals surface area contributed by atoms with Crippen molar-refractivity contribution in [3.8, 4) is 0 Å². The molecule has 1 rings (SSSR count). The van der Waals surface area contributed by atoms with E-state index in [0.29, 0.717) is 38.2 Å². The average Bonchev–Trinajstić information content (AvgIpc) is 2.96. The molecule has 1 aliphatic heterocycles. The van der Waals surface area contributed by atoms with Crippen LogP contribution in [0, 0.1) is 0 Å². The third-order valence-corrected chi connectivity index (χ3v) is 3.20. The number of nitrogens with one attached hydrogen (secondary N) is 1. The van der Waals surface area contributed by atoms with E-state index >= 15 is 0 Å². The van der Waals surface area contributed by atoms with E-state index < -0.39 is 0 Å². The maximum Gasteiger partial charge on any atom is 0.248 e. The monoisotopic (exact) mass is 300 g/mol. The van der Waals surface area contributed by atoms with Gasteiger partial charge < -0.3 is 19.5 Å². The smallest absolute Gasteiger partial charge is 0.248 e. The SMILES string of the molecule is CNC(=O)/C(C)=C\N(C=O)[C@H]1CC[C@@H](COCCOC)O1. The summed E-state index contributed by atoms with van der Waals surface area (Å²) in [6, 6.07) is 0. The van der Waals surface area contributed by atoms with E-state index in [2.05, 4.69) is 5.32 Å². The molecule has 21 heavy (non-hydrogen) atoms. The Morgan fingerprint density at radius 2 is 2.19 bits per heavy atom. The Hall–Kier alpha value is -1.44. The molecule has 0 radical (unpaired) electrons. The van der Waals surface area contributed by atoms with E-state index in [1.807, 2.05) is 0 Å². The van der Waals surface area contributed by atoms with Crippen molar-refractivity contribution in [2.45, 2.75) is 32.1 Å². The summed E-state index contributed by atoms with van der Waals surface area (Å²) in [5, 5.41) is 2.51. The van der Waals surface area contributed by atoms with Crippen LogP contribution in [0.4, 0.5) is 0 Å². The van der Waals surface area contributed by atoms with E-state index in [1.165, 1.54) is 11.1 Å². The summed E-state index contributed by atoms with van der Waals surface area (Å²) in [6.07, 6.45) is 3.32. The predicted octanol–water partition coefficient (Wildman–Crippen LogP) is 0.263. The van der Waals surface area contributed by atoms with Crippen molar-refractivity contribution in [3.05, 3.63) is 11.8 Å². The molecular formula is C14H24N2O5. The highest BCUT2D eigenvalue weighted by molar-refractivity contribution is 5.92. The molecule has 0 aromatic heterocycles. The zero-order valence-electron chi connectivity index (χ0n) is 12.8. The molecule has 1 saturated heterocycles. The fourth-order valence-electron chi connectivity index (χ4n) is 2.05. The van der Waals surface area contributed by atoms with Crippen molar-refractivity contribution >= 4 is 12.3 Å². The number of nitrogens with zero attached hydrogens (tertiary/aromatic N) is 1. The van der Waals surface area contributed by atoms with Crippen molar-refractivity contribution in [3.63, 3.8) is 0 Å². The van der Waals surface area contributed by atoms with Crippen molar-refractivity contribution in [1.29, 1.82) is 0 Å². The molecule has 2 atom stereocenters. The molecule has 120 valence electrons. The van der Waals surface area contributed by atoms with Crippen molar-refractivity contribution in [2.24, 2.45) is 0 Å². The summed E-state index contributed by atoms with van der Waals surface area (Å²) < 4.78 is 16.1. The number of hydrogen-bond acceptors (Lipinski definition) is 5. The number of rotatable bonds is 9. The number of likely N-dealkylation sites (N-methyl/N-ethyl adjacent to an activating group) is 1. The second-order valence-corrected chi connectivity index (χ2v) is 4.80. The van der Waals surface area contributed by atoms with E-state index in [9.17, 15) is 9.59 Å². The lowest BCUT2D eigenvalue weighted by molar-refractivity contribution is -0.128. The number of carbonyl (C=O) groups excluding carboxylic acids is 2. The van der Waals surface area contributed by atoms with Crippen LogP contribution in [0.25, 0.3) is 0 Å². The third-order valence-electron chi connectivity index (χ3n) is 3.20. The zero-order chi connectivity index (χ0) is 15.7. The first-order chi connectivity index (χ1) is 10.1. The second-order valence-electron chi connectivity index (χ2n) is 4.80. The summed E-state index contributed by atoms with van der Waals surface area (Å²) in [5.41, 5.74) is 0.452. The molecule has 0 spiro atoms. The summed E-state index contributed by atoms with van der Waals surface area (Å²) in [7, 11) is 3.17. The van der Waals surface area contributed by atoms with E-state index in [-0.39, 0.29) is 18.2 Å². The fraction of sp³-hybridized carbons (Fsp3) is 0.714. The quantitative estimate of drug-likeness (QED) is 0.375. The summed E-state index contributed by atoms with van der Waals surface area (Å²) in [5.74, 6) is -0.223. The van der Waals surface area contributed by atoms with Gasteiger partial charge in [0.05, 0.1) is 25.9 Å². The van der Waals surface area contributed by atoms with Gasteiger partial charge >= 0.3 is 0 Å². The lowest BCUT2D eigenvalue weighted by atomic mass is 10.2. The standard InChI is InChI=1S/C14H24N2O5/c1-11(14(18)15-2)8-16(10-17)13-5-4-12(21-13)9-20-7-6-19-3/h8,10,12-13H,4-7,9H2,1-3H3,(H,15,18)/b11-8-/t12-,13+/m0/s1. The molecule has 1 aliphatic rings. The molecule has 1 N–H and O–H groups in total. The Labute approximate surface area is 125 Å². The molecule has 1 fully saturated rings. The van der Waals surface area contributed by atoms with Gasteiger partial charge in [-0.1, -0.05) is 0 Å². The number of methoxy groups -OCH3 is 1. The van der Waals surface area contributed by atoms with Gasteiger partial charge in [-0.15, -0.1) is 0 Å². The Morgan fingerprint density at radius 1 is 1.43 bits per heavy atom. The van der Waals surface area contributed by atoms with Gasteiger partial charge in [0, 0.05) is 25.9 Å². The predicted molar refractivity (Wildman–Crippen MR) is 76.3 cm³/mol. The van der Waals surface area contributed by atoms with Crippen LogP contribution in [0.3, 0.4) is 0 Å². The Bertz CT molecular complexity index is 372. The van der Waals surface area contributed by atoms with Gasteiger partial charge in [0.2, 0.25) is 12.3 Å².